The molecule has 0 aromatic heterocycles. The minimum Gasteiger partial charge on any atom is -0.496 e. The lowest BCUT2D eigenvalue weighted by molar-refractivity contribution is 0.419. The number of fused-ring (bicyclic) bond motifs is 1. The van der Waals surface area contributed by atoms with Gasteiger partial charge < -0.3 is 10.1 Å². The fraction of sp³-hybridized carbons (Fsp3) is 0.375. The van der Waals surface area contributed by atoms with Gasteiger partial charge in [0.25, 0.3) is 0 Å². The van der Waals surface area contributed by atoms with Crippen LogP contribution in [0.15, 0.2) is 36.4 Å². The molecule has 0 radical (unpaired) electrons. The van der Waals surface area contributed by atoms with Crippen molar-refractivity contribution in [2.24, 2.45) is 0 Å². The molecule has 2 aromatic carbocycles. The molecule has 0 heterocycles. The average molecular weight is 307 g/mol. The van der Waals surface area contributed by atoms with Crippen LogP contribution in [0.2, 0.25) is 0 Å². The molecular weight excluding hydrogens is 286 g/mol. The highest BCUT2D eigenvalue weighted by Gasteiger charge is 2.19. The molecule has 0 aliphatic carbocycles. The molecule has 0 amide bonds. The number of nitrogens with one attached hydrogen (secondary N) is 1. The first-order chi connectivity index (χ1) is 9.96. The molecule has 0 saturated carbocycles. The molecule has 2 rings (SSSR count). The molecule has 0 aliphatic heterocycles. The van der Waals surface area contributed by atoms with Crippen LogP contribution < -0.4 is 10.1 Å². The summed E-state index contributed by atoms with van der Waals surface area (Å²) in [5.41, 5.74) is 0.985. The second-order valence-corrected chi connectivity index (χ2v) is 7.29. The van der Waals surface area contributed by atoms with E-state index in [-0.39, 0.29) is 11.8 Å². The molecule has 0 aliphatic rings. The molecule has 5 heteroatoms. The van der Waals surface area contributed by atoms with Gasteiger partial charge in [-0.25, -0.2) is 8.42 Å². The van der Waals surface area contributed by atoms with Crippen molar-refractivity contribution in [3.8, 4) is 5.75 Å². The summed E-state index contributed by atoms with van der Waals surface area (Å²) < 4.78 is 28.8. The maximum absolute atomic E-state index is 11.7. The topological polar surface area (TPSA) is 55.4 Å². The van der Waals surface area contributed by atoms with Crippen molar-refractivity contribution in [3.63, 3.8) is 0 Å². The van der Waals surface area contributed by atoms with E-state index in [1.165, 1.54) is 6.26 Å². The lowest BCUT2D eigenvalue weighted by atomic mass is 9.99. The summed E-state index contributed by atoms with van der Waals surface area (Å²) in [6, 6.07) is 11.5. The van der Waals surface area contributed by atoms with Crippen LogP contribution in [0.3, 0.4) is 0 Å². The zero-order chi connectivity index (χ0) is 15.5. The molecule has 0 saturated heterocycles. The van der Waals surface area contributed by atoms with Gasteiger partial charge in [-0.2, -0.15) is 0 Å². The fourth-order valence-corrected chi connectivity index (χ4v) is 3.49. The largest absolute Gasteiger partial charge is 0.496 e. The molecule has 0 spiro atoms. The summed E-state index contributed by atoms with van der Waals surface area (Å²) in [5, 5.41) is 5.28. The number of sulfone groups is 1. The van der Waals surface area contributed by atoms with Crippen molar-refractivity contribution in [2.75, 3.05) is 25.7 Å². The summed E-state index contributed by atoms with van der Waals surface area (Å²) in [4.78, 5) is 0. The summed E-state index contributed by atoms with van der Waals surface area (Å²) in [5.74, 6) is 0.876. The Morgan fingerprint density at radius 1 is 1.14 bits per heavy atom. The highest BCUT2D eigenvalue weighted by Crippen LogP contribution is 2.31. The highest BCUT2D eigenvalue weighted by molar-refractivity contribution is 7.90. The number of methoxy groups -OCH3 is 1. The highest BCUT2D eigenvalue weighted by atomic mass is 32.2. The average Bonchev–Trinajstić information content (AvgIpc) is 2.44. The Balaban J connectivity index is 2.58. The second-order valence-electron chi connectivity index (χ2n) is 5.11. The van der Waals surface area contributed by atoms with Gasteiger partial charge in [-0.1, -0.05) is 37.3 Å². The third-order valence-electron chi connectivity index (χ3n) is 3.43. The molecule has 0 bridgehead atoms. The Kier molecular flexibility index (Phi) is 4.85. The van der Waals surface area contributed by atoms with Crippen molar-refractivity contribution in [1.82, 2.24) is 5.32 Å². The Labute approximate surface area is 126 Å². The predicted octanol–water partition coefficient (Wildman–Crippen LogP) is 2.54. The summed E-state index contributed by atoms with van der Waals surface area (Å²) in [6.07, 6.45) is 1.27. The first kappa shape index (κ1) is 15.8. The third-order valence-corrected chi connectivity index (χ3v) is 4.37. The van der Waals surface area contributed by atoms with E-state index in [9.17, 15) is 8.42 Å². The first-order valence-electron chi connectivity index (χ1n) is 6.93. The van der Waals surface area contributed by atoms with E-state index in [4.69, 9.17) is 4.74 Å². The van der Waals surface area contributed by atoms with E-state index in [1.54, 1.807) is 7.11 Å². The van der Waals surface area contributed by atoms with Gasteiger partial charge in [-0.05, 0) is 23.6 Å². The number of ether oxygens (including phenoxy) is 1. The quantitative estimate of drug-likeness (QED) is 0.891. The molecular formula is C16H21NO3S. The van der Waals surface area contributed by atoms with E-state index in [1.807, 2.05) is 43.3 Å². The summed E-state index contributed by atoms with van der Waals surface area (Å²) in [6.45, 7) is 2.68. The van der Waals surface area contributed by atoms with Crippen LogP contribution in [-0.4, -0.2) is 34.1 Å². The minimum absolute atomic E-state index is 0.0805. The van der Waals surface area contributed by atoms with Crippen molar-refractivity contribution in [3.05, 3.63) is 42.0 Å². The van der Waals surface area contributed by atoms with Crippen molar-refractivity contribution in [2.45, 2.75) is 13.0 Å². The first-order valence-corrected chi connectivity index (χ1v) is 8.99. The van der Waals surface area contributed by atoms with E-state index in [2.05, 4.69) is 5.32 Å². The maximum atomic E-state index is 11.7. The Morgan fingerprint density at radius 3 is 2.38 bits per heavy atom. The monoisotopic (exact) mass is 307 g/mol. The molecule has 114 valence electrons. The van der Waals surface area contributed by atoms with Crippen molar-refractivity contribution in [1.29, 1.82) is 0 Å². The van der Waals surface area contributed by atoms with Gasteiger partial charge in [-0.3, -0.25) is 0 Å². The molecule has 0 fully saturated rings. The zero-order valence-corrected chi connectivity index (χ0v) is 13.4. The fourth-order valence-electron chi connectivity index (χ4n) is 2.58. The van der Waals surface area contributed by atoms with Crippen molar-refractivity contribution < 1.29 is 13.2 Å². The standard InChI is InChI=1S/C16H21NO3S/c1-4-17-15(11-21(3,18)19)13-9-10-16(20-2)14-8-6-5-7-12(13)14/h5-10,15,17H,4,11H2,1-3H3. The third kappa shape index (κ3) is 3.74. The molecule has 1 N–H and O–H groups in total. The van der Waals surface area contributed by atoms with Crippen LogP contribution in [0.25, 0.3) is 10.8 Å². The number of rotatable bonds is 6. The van der Waals surface area contributed by atoms with Crippen LogP contribution >= 0.6 is 0 Å². The minimum atomic E-state index is -3.07. The van der Waals surface area contributed by atoms with E-state index >= 15 is 0 Å². The molecule has 1 unspecified atom stereocenters. The van der Waals surface area contributed by atoms with E-state index < -0.39 is 9.84 Å². The van der Waals surface area contributed by atoms with E-state index in [0.717, 1.165) is 22.1 Å². The van der Waals surface area contributed by atoms with Gasteiger partial charge in [-0.15, -0.1) is 0 Å². The smallest absolute Gasteiger partial charge is 0.149 e. The lowest BCUT2D eigenvalue weighted by Crippen LogP contribution is -2.27. The van der Waals surface area contributed by atoms with Gasteiger partial charge in [0, 0.05) is 17.7 Å². The molecule has 1 atom stereocenters. The Bertz CT molecular complexity index is 725. The van der Waals surface area contributed by atoms with Crippen molar-refractivity contribution >= 4 is 20.6 Å². The lowest BCUT2D eigenvalue weighted by Gasteiger charge is -2.20. The van der Waals surface area contributed by atoms with Crippen LogP contribution in [0.5, 0.6) is 5.75 Å². The SMILES string of the molecule is CCNC(CS(C)(=O)=O)c1ccc(OC)c2ccccc12. The summed E-state index contributed by atoms with van der Waals surface area (Å²) >= 11 is 0. The van der Waals surface area contributed by atoms with Gasteiger partial charge >= 0.3 is 0 Å². The number of hydrogen-bond acceptors (Lipinski definition) is 4. The van der Waals surface area contributed by atoms with Crippen LogP contribution in [-0.2, 0) is 9.84 Å². The predicted molar refractivity (Wildman–Crippen MR) is 86.6 cm³/mol. The van der Waals surface area contributed by atoms with Gasteiger partial charge in [0.2, 0.25) is 0 Å². The summed E-state index contributed by atoms with van der Waals surface area (Å²) in [7, 11) is -1.43. The van der Waals surface area contributed by atoms with E-state index in [0.29, 0.717) is 6.54 Å². The second kappa shape index (κ2) is 6.45. The van der Waals surface area contributed by atoms with Crippen LogP contribution in [0, 0.1) is 0 Å². The Hall–Kier alpha value is -1.59. The van der Waals surface area contributed by atoms with Gasteiger partial charge in [0.1, 0.15) is 15.6 Å². The zero-order valence-electron chi connectivity index (χ0n) is 12.6. The molecule has 2 aromatic rings. The maximum Gasteiger partial charge on any atom is 0.149 e. The number of benzene rings is 2. The Morgan fingerprint density at radius 2 is 1.81 bits per heavy atom. The normalized spacial score (nSPS) is 13.3. The molecule has 21 heavy (non-hydrogen) atoms. The van der Waals surface area contributed by atoms with Crippen LogP contribution in [0.4, 0.5) is 0 Å². The number of hydrogen-bond donors (Lipinski definition) is 1. The molecule has 4 nitrogen and oxygen atoms in total. The van der Waals surface area contributed by atoms with Gasteiger partial charge in [0.05, 0.1) is 12.9 Å². The van der Waals surface area contributed by atoms with Gasteiger partial charge in [0.15, 0.2) is 0 Å². The van der Waals surface area contributed by atoms with Crippen LogP contribution in [0.1, 0.15) is 18.5 Å².